The van der Waals surface area contributed by atoms with Crippen LogP contribution in [-0.4, -0.2) is 72.5 Å². The van der Waals surface area contributed by atoms with Crippen LogP contribution in [0.4, 0.5) is 30.5 Å². The maximum absolute atomic E-state index is 15.4. The molecule has 1 N–H and O–H groups in total. The van der Waals surface area contributed by atoms with Gasteiger partial charge in [0.05, 0.1) is 11.2 Å². The van der Waals surface area contributed by atoms with Crippen molar-refractivity contribution in [2.45, 2.75) is 12.5 Å². The number of alkyl halides is 2. The van der Waals surface area contributed by atoms with Crippen LogP contribution >= 0.6 is 11.6 Å². The Kier molecular flexibility index (Phi) is 7.20. The summed E-state index contributed by atoms with van der Waals surface area (Å²) in [5, 5.41) is 6.65. The van der Waals surface area contributed by atoms with Gasteiger partial charge in [0.15, 0.2) is 17.3 Å². The van der Waals surface area contributed by atoms with E-state index in [1.54, 1.807) is 39.9 Å². The maximum atomic E-state index is 15.4. The van der Waals surface area contributed by atoms with E-state index in [-0.39, 0.29) is 47.4 Å². The molecule has 6 rings (SSSR count). The van der Waals surface area contributed by atoms with Gasteiger partial charge >= 0.3 is 0 Å². The molecule has 0 spiro atoms. The molecule has 1 aromatic carbocycles. The summed E-state index contributed by atoms with van der Waals surface area (Å²) in [6.45, 7) is 3.60. The fraction of sp³-hybridized carbons (Fsp3) is 0.185. The average molecular weight is 596 g/mol. The normalized spacial score (nSPS) is 15.4. The highest BCUT2D eigenvalue weighted by Gasteiger charge is 2.36. The van der Waals surface area contributed by atoms with Crippen molar-refractivity contribution in [1.29, 1.82) is 0 Å². The first-order valence-electron chi connectivity index (χ1n) is 12.6. The number of aromatic nitrogens is 6. The summed E-state index contributed by atoms with van der Waals surface area (Å²) in [7, 11) is 0. The molecule has 0 aliphatic carbocycles. The van der Waals surface area contributed by atoms with E-state index in [9.17, 15) is 13.6 Å². The number of nitrogens with zero attached hydrogens (tertiary/aromatic N) is 8. The Balaban J connectivity index is 1.26. The van der Waals surface area contributed by atoms with Gasteiger partial charge in [-0.05, 0) is 36.4 Å². The largest absolute Gasteiger partial charge is 0.455 e. The minimum atomic E-state index is -2.76. The number of hydrogen-bond acceptors (Lipinski definition) is 9. The minimum absolute atomic E-state index is 0.00165. The summed E-state index contributed by atoms with van der Waals surface area (Å²) in [5.41, 5.74) is 1.27. The Hall–Kier alpha value is -4.98. The lowest BCUT2D eigenvalue weighted by Gasteiger charge is -2.41. The Morgan fingerprint density at radius 1 is 1.14 bits per heavy atom. The van der Waals surface area contributed by atoms with Crippen molar-refractivity contribution in [3.63, 3.8) is 0 Å². The average Bonchev–Trinajstić information content (AvgIpc) is 3.48. The zero-order valence-corrected chi connectivity index (χ0v) is 22.4. The lowest BCUT2D eigenvalue weighted by molar-refractivity contribution is -0.132. The molecule has 5 heterocycles. The van der Waals surface area contributed by atoms with E-state index in [1.165, 1.54) is 24.8 Å². The van der Waals surface area contributed by atoms with E-state index in [2.05, 4.69) is 36.9 Å². The number of halogens is 4. The van der Waals surface area contributed by atoms with Crippen LogP contribution in [0.15, 0.2) is 67.9 Å². The van der Waals surface area contributed by atoms with E-state index < -0.39 is 24.2 Å². The third-order valence-electron chi connectivity index (χ3n) is 6.74. The predicted molar refractivity (Wildman–Crippen MR) is 149 cm³/mol. The molecule has 5 aromatic rings. The standard InChI is InChI=1S/C27H21ClF3N9O2/c1-2-22(41)39-10-9-38(12-18(39)26(30)31)20-6-4-17-25(37-20)27(34-13-32-17)36-16-3-5-19(23(28)24(16)29)42-15-7-8-40-21(11-15)33-14-35-40/h2-8,11,13-14,18,26H,1,9-10,12H2,(H,32,34,36). The summed E-state index contributed by atoms with van der Waals surface area (Å²) in [6.07, 6.45) is 2.59. The molecular formula is C27H21ClF3N9O2. The number of benzene rings is 1. The van der Waals surface area contributed by atoms with Crippen molar-refractivity contribution in [1.82, 2.24) is 34.4 Å². The third kappa shape index (κ3) is 5.11. The number of nitrogens with one attached hydrogen (secondary N) is 1. The van der Waals surface area contributed by atoms with Gasteiger partial charge in [-0.15, -0.1) is 0 Å². The van der Waals surface area contributed by atoms with Crippen LogP contribution in [0, 0.1) is 5.82 Å². The summed E-state index contributed by atoms with van der Waals surface area (Å²) >= 11 is 6.32. The van der Waals surface area contributed by atoms with Crippen molar-refractivity contribution in [3.05, 3.63) is 78.7 Å². The van der Waals surface area contributed by atoms with E-state index in [4.69, 9.17) is 16.3 Å². The molecule has 0 bridgehead atoms. The van der Waals surface area contributed by atoms with Gasteiger partial charge in [0.25, 0.3) is 6.43 Å². The summed E-state index contributed by atoms with van der Waals surface area (Å²) in [4.78, 5) is 32.0. The zero-order chi connectivity index (χ0) is 29.4. The number of amides is 1. The molecule has 0 saturated carbocycles. The zero-order valence-electron chi connectivity index (χ0n) is 21.7. The van der Waals surface area contributed by atoms with Gasteiger partial charge in [-0.3, -0.25) is 4.79 Å². The number of carbonyl (C=O) groups is 1. The van der Waals surface area contributed by atoms with Gasteiger partial charge in [0.1, 0.15) is 46.6 Å². The fourth-order valence-electron chi connectivity index (χ4n) is 4.64. The topological polar surface area (TPSA) is 114 Å². The van der Waals surface area contributed by atoms with Gasteiger partial charge in [-0.1, -0.05) is 18.2 Å². The van der Waals surface area contributed by atoms with Crippen LogP contribution in [0.25, 0.3) is 16.7 Å². The first-order chi connectivity index (χ1) is 20.3. The number of hydrogen-bond donors (Lipinski definition) is 1. The second-order valence-electron chi connectivity index (χ2n) is 9.23. The minimum Gasteiger partial charge on any atom is -0.455 e. The van der Waals surface area contributed by atoms with Crippen LogP contribution in [0.5, 0.6) is 11.5 Å². The van der Waals surface area contributed by atoms with Gasteiger partial charge in [-0.25, -0.2) is 37.6 Å². The summed E-state index contributed by atoms with van der Waals surface area (Å²) in [5.74, 6) is -0.320. The fourth-order valence-corrected chi connectivity index (χ4v) is 4.85. The molecule has 0 radical (unpaired) electrons. The molecule has 1 unspecified atom stereocenters. The molecule has 42 heavy (non-hydrogen) atoms. The SMILES string of the molecule is C=CC(=O)N1CCN(c2ccc3ncnc(Nc4ccc(Oc5ccn6ncnc6c5)c(Cl)c4F)c3n2)CC1C(F)F. The lowest BCUT2D eigenvalue weighted by atomic mass is 10.1. The summed E-state index contributed by atoms with van der Waals surface area (Å²) < 4.78 is 50.4. The molecule has 1 aliphatic rings. The Bertz CT molecular complexity index is 1820. The van der Waals surface area contributed by atoms with Crippen LogP contribution in [0.3, 0.4) is 0 Å². The summed E-state index contributed by atoms with van der Waals surface area (Å²) in [6, 6.07) is 8.18. The van der Waals surface area contributed by atoms with Crippen molar-refractivity contribution in [2.75, 3.05) is 29.9 Å². The number of piperazine rings is 1. The number of ether oxygens (including phenoxy) is 1. The highest BCUT2D eigenvalue weighted by Crippen LogP contribution is 2.37. The molecular weight excluding hydrogens is 575 g/mol. The van der Waals surface area contributed by atoms with E-state index in [0.717, 1.165) is 11.0 Å². The van der Waals surface area contributed by atoms with Crippen LogP contribution in [-0.2, 0) is 4.79 Å². The molecule has 15 heteroatoms. The molecule has 11 nitrogen and oxygen atoms in total. The highest BCUT2D eigenvalue weighted by molar-refractivity contribution is 6.32. The molecule has 1 atom stereocenters. The van der Waals surface area contributed by atoms with Crippen molar-refractivity contribution < 1.29 is 22.7 Å². The van der Waals surface area contributed by atoms with Crippen molar-refractivity contribution >= 4 is 51.5 Å². The van der Waals surface area contributed by atoms with Gasteiger partial charge < -0.3 is 19.9 Å². The maximum Gasteiger partial charge on any atom is 0.260 e. The number of carbonyl (C=O) groups excluding carboxylic acids is 1. The first kappa shape index (κ1) is 27.2. The third-order valence-corrected chi connectivity index (χ3v) is 7.09. The molecule has 214 valence electrons. The molecule has 1 fully saturated rings. The Morgan fingerprint density at radius 3 is 2.81 bits per heavy atom. The van der Waals surface area contributed by atoms with E-state index >= 15 is 4.39 Å². The van der Waals surface area contributed by atoms with Crippen LogP contribution in [0.2, 0.25) is 5.02 Å². The second kappa shape index (κ2) is 11.1. The number of pyridine rings is 2. The predicted octanol–water partition coefficient (Wildman–Crippen LogP) is 4.86. The Morgan fingerprint density at radius 2 is 2.00 bits per heavy atom. The lowest BCUT2D eigenvalue weighted by Crippen LogP contribution is -2.57. The monoisotopic (exact) mass is 595 g/mol. The van der Waals surface area contributed by atoms with Gasteiger partial charge in [-0.2, -0.15) is 5.10 Å². The van der Waals surface area contributed by atoms with Crippen LogP contribution < -0.4 is 15.0 Å². The van der Waals surface area contributed by atoms with Gasteiger partial charge in [0.2, 0.25) is 5.91 Å². The highest BCUT2D eigenvalue weighted by atomic mass is 35.5. The molecule has 1 aliphatic heterocycles. The second-order valence-corrected chi connectivity index (χ2v) is 9.61. The van der Waals surface area contributed by atoms with E-state index in [1.807, 2.05) is 0 Å². The number of rotatable bonds is 7. The number of anilines is 3. The first-order valence-corrected chi connectivity index (χ1v) is 13.0. The van der Waals surface area contributed by atoms with Gasteiger partial charge in [0, 0.05) is 31.9 Å². The quantitative estimate of drug-likeness (QED) is 0.263. The Labute approximate surface area is 241 Å². The molecule has 1 amide bonds. The molecule has 1 saturated heterocycles. The van der Waals surface area contributed by atoms with Crippen LogP contribution in [0.1, 0.15) is 0 Å². The smallest absolute Gasteiger partial charge is 0.260 e. The van der Waals surface area contributed by atoms with Crippen molar-refractivity contribution in [2.24, 2.45) is 0 Å². The van der Waals surface area contributed by atoms with Crippen molar-refractivity contribution in [3.8, 4) is 11.5 Å². The molecule has 4 aromatic heterocycles. The number of fused-ring (bicyclic) bond motifs is 2. The van der Waals surface area contributed by atoms with E-state index in [0.29, 0.717) is 22.7 Å².